The molecule has 0 unspecified atom stereocenters. The van der Waals surface area contributed by atoms with E-state index >= 15 is 0 Å². The first-order chi connectivity index (χ1) is 11.1. The second kappa shape index (κ2) is 6.35. The number of allylic oxidation sites excluding steroid dienone is 1. The van der Waals surface area contributed by atoms with Crippen molar-refractivity contribution in [1.82, 2.24) is 4.98 Å². The highest BCUT2D eigenvalue weighted by Gasteiger charge is 2.24. The molecule has 2 heterocycles. The van der Waals surface area contributed by atoms with Crippen LogP contribution in [0.1, 0.15) is 15.9 Å². The molecule has 0 fully saturated rings. The van der Waals surface area contributed by atoms with Gasteiger partial charge in [0.05, 0.1) is 6.20 Å². The zero-order chi connectivity index (χ0) is 16.2. The average Bonchev–Trinajstić information content (AvgIpc) is 2.97. The molecule has 6 nitrogen and oxygen atoms in total. The van der Waals surface area contributed by atoms with E-state index < -0.39 is 17.3 Å². The topological polar surface area (TPSA) is 77.9 Å². The van der Waals surface area contributed by atoms with E-state index in [0.29, 0.717) is 12.2 Å². The number of ether oxygens (including phenoxy) is 3. The van der Waals surface area contributed by atoms with E-state index in [4.69, 9.17) is 19.3 Å². The SMILES string of the molecule is O=C(O)c1cc(F)cnc1OC1=C(Cc2ccccc2)OCO1. The van der Waals surface area contributed by atoms with Crippen molar-refractivity contribution in [2.45, 2.75) is 6.42 Å². The Morgan fingerprint density at radius 1 is 1.30 bits per heavy atom. The van der Waals surface area contributed by atoms with Crippen LogP contribution in [-0.2, 0) is 15.9 Å². The highest BCUT2D eigenvalue weighted by Crippen LogP contribution is 2.25. The molecular formula is C16H12FNO5. The number of benzene rings is 1. The standard InChI is InChI=1S/C16H12FNO5/c17-11-7-12(15(19)20)14(18-8-11)23-16-13(21-9-22-16)6-10-4-2-1-3-5-10/h1-5,7-8H,6,9H2,(H,19,20). The van der Waals surface area contributed by atoms with Crippen LogP contribution in [0.4, 0.5) is 4.39 Å². The molecule has 1 aliphatic rings. The molecule has 0 bridgehead atoms. The third kappa shape index (κ3) is 3.39. The second-order valence-corrected chi connectivity index (χ2v) is 4.69. The van der Waals surface area contributed by atoms with Gasteiger partial charge in [0, 0.05) is 6.42 Å². The van der Waals surface area contributed by atoms with Gasteiger partial charge in [-0.25, -0.2) is 14.2 Å². The molecule has 0 atom stereocenters. The van der Waals surface area contributed by atoms with Crippen molar-refractivity contribution in [3.63, 3.8) is 0 Å². The number of carboxylic acid groups (broad SMARTS) is 1. The van der Waals surface area contributed by atoms with Gasteiger partial charge in [0.1, 0.15) is 11.4 Å². The first kappa shape index (κ1) is 14.8. The zero-order valence-corrected chi connectivity index (χ0v) is 11.9. The normalized spacial score (nSPS) is 13.4. The highest BCUT2D eigenvalue weighted by molar-refractivity contribution is 5.90. The lowest BCUT2D eigenvalue weighted by Gasteiger charge is -2.08. The fraction of sp³-hybridized carbons (Fsp3) is 0.125. The van der Waals surface area contributed by atoms with E-state index in [1.165, 1.54) is 0 Å². The molecule has 0 radical (unpaired) electrons. The maximum Gasteiger partial charge on any atom is 0.341 e. The summed E-state index contributed by atoms with van der Waals surface area (Å²) < 4.78 is 29.1. The maximum atomic E-state index is 13.1. The van der Waals surface area contributed by atoms with E-state index in [0.717, 1.165) is 17.8 Å². The number of aromatic nitrogens is 1. The first-order valence-electron chi connectivity index (χ1n) is 6.73. The Morgan fingerprint density at radius 3 is 2.83 bits per heavy atom. The number of pyridine rings is 1. The summed E-state index contributed by atoms with van der Waals surface area (Å²) in [5.41, 5.74) is 0.576. The largest absolute Gasteiger partial charge is 0.477 e. The second-order valence-electron chi connectivity index (χ2n) is 4.69. The van der Waals surface area contributed by atoms with Crippen molar-refractivity contribution in [2.75, 3.05) is 6.79 Å². The Labute approximate surface area is 130 Å². The minimum atomic E-state index is -1.35. The summed E-state index contributed by atoms with van der Waals surface area (Å²) in [6, 6.07) is 10.3. The lowest BCUT2D eigenvalue weighted by molar-refractivity contribution is 0.0380. The number of aromatic carboxylic acids is 1. The summed E-state index contributed by atoms with van der Waals surface area (Å²) in [6.45, 7) is -0.0406. The van der Waals surface area contributed by atoms with E-state index in [1.807, 2.05) is 30.3 Å². The summed E-state index contributed by atoms with van der Waals surface area (Å²) >= 11 is 0. The van der Waals surface area contributed by atoms with Gasteiger partial charge in [0.15, 0.2) is 5.76 Å². The zero-order valence-electron chi connectivity index (χ0n) is 11.9. The number of halogens is 1. The molecule has 0 spiro atoms. The predicted octanol–water partition coefficient (Wildman–Crippen LogP) is 2.71. The Morgan fingerprint density at radius 2 is 2.09 bits per heavy atom. The Bertz CT molecular complexity index is 760. The van der Waals surface area contributed by atoms with E-state index in [9.17, 15) is 9.18 Å². The molecule has 0 saturated carbocycles. The number of carbonyl (C=O) groups is 1. The van der Waals surface area contributed by atoms with Crippen molar-refractivity contribution < 1.29 is 28.5 Å². The smallest absolute Gasteiger partial charge is 0.341 e. The van der Waals surface area contributed by atoms with Crippen LogP contribution in [-0.4, -0.2) is 22.9 Å². The van der Waals surface area contributed by atoms with Gasteiger partial charge in [-0.05, 0) is 11.6 Å². The minimum absolute atomic E-state index is 0.0236. The predicted molar refractivity (Wildman–Crippen MR) is 76.0 cm³/mol. The number of nitrogens with zero attached hydrogens (tertiary/aromatic N) is 1. The molecule has 1 aromatic carbocycles. The van der Waals surface area contributed by atoms with Crippen molar-refractivity contribution in [3.8, 4) is 5.88 Å². The fourth-order valence-corrected chi connectivity index (χ4v) is 2.03. The van der Waals surface area contributed by atoms with Gasteiger partial charge in [0.2, 0.25) is 12.7 Å². The van der Waals surface area contributed by atoms with Crippen molar-refractivity contribution in [3.05, 3.63) is 71.2 Å². The highest BCUT2D eigenvalue weighted by atomic mass is 19.1. The summed E-state index contributed by atoms with van der Waals surface area (Å²) in [5.74, 6) is -1.94. The average molecular weight is 317 g/mol. The molecule has 0 aliphatic carbocycles. The Hall–Kier alpha value is -3.09. The van der Waals surface area contributed by atoms with Crippen LogP contribution in [0.5, 0.6) is 5.88 Å². The Kier molecular flexibility index (Phi) is 4.09. The molecule has 1 aliphatic heterocycles. The van der Waals surface area contributed by atoms with Gasteiger partial charge < -0.3 is 19.3 Å². The molecule has 7 heteroatoms. The molecule has 1 aromatic heterocycles. The molecule has 23 heavy (non-hydrogen) atoms. The quantitative estimate of drug-likeness (QED) is 0.913. The van der Waals surface area contributed by atoms with E-state index in [1.54, 1.807) is 0 Å². The summed E-state index contributed by atoms with van der Waals surface area (Å²) in [7, 11) is 0. The number of hydrogen-bond donors (Lipinski definition) is 1. The number of hydrogen-bond acceptors (Lipinski definition) is 5. The lowest BCUT2D eigenvalue weighted by atomic mass is 10.1. The van der Waals surface area contributed by atoms with Gasteiger partial charge in [-0.2, -0.15) is 0 Å². The van der Waals surface area contributed by atoms with Crippen LogP contribution < -0.4 is 4.74 Å². The van der Waals surface area contributed by atoms with Gasteiger partial charge in [0.25, 0.3) is 0 Å². The maximum absolute atomic E-state index is 13.1. The van der Waals surface area contributed by atoms with Crippen molar-refractivity contribution >= 4 is 5.97 Å². The minimum Gasteiger partial charge on any atom is -0.477 e. The van der Waals surface area contributed by atoms with Gasteiger partial charge >= 0.3 is 11.9 Å². The lowest BCUT2D eigenvalue weighted by Crippen LogP contribution is -2.07. The molecular weight excluding hydrogens is 305 g/mol. The van der Waals surface area contributed by atoms with Crippen LogP contribution >= 0.6 is 0 Å². The van der Waals surface area contributed by atoms with Gasteiger partial charge in [-0.1, -0.05) is 30.3 Å². The number of carboxylic acids is 1. The first-order valence-corrected chi connectivity index (χ1v) is 6.73. The van der Waals surface area contributed by atoms with Gasteiger partial charge in [-0.15, -0.1) is 0 Å². The molecule has 118 valence electrons. The van der Waals surface area contributed by atoms with Crippen molar-refractivity contribution in [2.24, 2.45) is 0 Å². The summed E-state index contributed by atoms with van der Waals surface area (Å²) in [5, 5.41) is 9.09. The monoisotopic (exact) mass is 317 g/mol. The molecule has 0 saturated heterocycles. The van der Waals surface area contributed by atoms with E-state index in [2.05, 4.69) is 4.98 Å². The molecule has 0 amide bonds. The van der Waals surface area contributed by atoms with E-state index in [-0.39, 0.29) is 18.6 Å². The Balaban J connectivity index is 1.86. The fourth-order valence-electron chi connectivity index (χ4n) is 2.03. The third-order valence-electron chi connectivity index (χ3n) is 3.10. The van der Waals surface area contributed by atoms with Crippen LogP contribution in [0.15, 0.2) is 54.3 Å². The molecule has 3 rings (SSSR count). The summed E-state index contributed by atoms with van der Waals surface area (Å²) in [4.78, 5) is 14.8. The van der Waals surface area contributed by atoms with Crippen LogP contribution in [0.3, 0.4) is 0 Å². The third-order valence-corrected chi connectivity index (χ3v) is 3.10. The molecule has 2 aromatic rings. The van der Waals surface area contributed by atoms with Crippen molar-refractivity contribution in [1.29, 1.82) is 0 Å². The molecule has 1 N–H and O–H groups in total. The van der Waals surface area contributed by atoms with Gasteiger partial charge in [-0.3, -0.25) is 0 Å². The van der Waals surface area contributed by atoms with Crippen LogP contribution in [0, 0.1) is 5.82 Å². The number of rotatable bonds is 5. The summed E-state index contributed by atoms with van der Waals surface area (Å²) in [6.07, 6.45) is 1.29. The van der Waals surface area contributed by atoms with Crippen LogP contribution in [0.2, 0.25) is 0 Å². The van der Waals surface area contributed by atoms with Crippen LogP contribution in [0.25, 0.3) is 0 Å².